The summed E-state index contributed by atoms with van der Waals surface area (Å²) in [4.78, 5) is 11.8. The third-order valence-electron chi connectivity index (χ3n) is 3.38. The molecule has 2 N–H and O–H groups in total. The summed E-state index contributed by atoms with van der Waals surface area (Å²) in [6, 6.07) is 0. The number of carbonyl (C=O) groups excluding carboxylic acids is 1. The van der Waals surface area contributed by atoms with Gasteiger partial charge < -0.3 is 10.6 Å². The van der Waals surface area contributed by atoms with Gasteiger partial charge >= 0.3 is 6.18 Å². The SMILES string of the molecule is CC(C)CCCNC(=O)C1(C(F)(F)F)CCNC1. The maximum Gasteiger partial charge on any atom is 0.404 e. The lowest BCUT2D eigenvalue weighted by atomic mass is 9.85. The van der Waals surface area contributed by atoms with E-state index in [0.29, 0.717) is 18.9 Å². The Balaban J connectivity index is 2.52. The van der Waals surface area contributed by atoms with Crippen LogP contribution in [0.25, 0.3) is 0 Å². The molecule has 1 saturated heterocycles. The zero-order chi connectivity index (χ0) is 13.8. The van der Waals surface area contributed by atoms with Crippen LogP contribution in [0.4, 0.5) is 13.2 Å². The summed E-state index contributed by atoms with van der Waals surface area (Å²) in [5.74, 6) is -0.393. The molecule has 18 heavy (non-hydrogen) atoms. The van der Waals surface area contributed by atoms with Crippen LogP contribution in [0.3, 0.4) is 0 Å². The Morgan fingerprint density at radius 3 is 2.56 bits per heavy atom. The highest BCUT2D eigenvalue weighted by Crippen LogP contribution is 2.43. The maximum atomic E-state index is 13.0. The molecule has 6 heteroatoms. The molecule has 1 aliphatic heterocycles. The minimum Gasteiger partial charge on any atom is -0.355 e. The molecule has 1 atom stereocenters. The van der Waals surface area contributed by atoms with Crippen molar-refractivity contribution in [2.24, 2.45) is 11.3 Å². The fourth-order valence-corrected chi connectivity index (χ4v) is 2.14. The van der Waals surface area contributed by atoms with Gasteiger partial charge in [0.25, 0.3) is 0 Å². The Labute approximate surface area is 106 Å². The van der Waals surface area contributed by atoms with Crippen molar-refractivity contribution < 1.29 is 18.0 Å². The first-order valence-electron chi connectivity index (χ1n) is 6.35. The van der Waals surface area contributed by atoms with E-state index in [0.717, 1.165) is 6.42 Å². The molecule has 1 rings (SSSR count). The largest absolute Gasteiger partial charge is 0.404 e. The molecule has 1 heterocycles. The van der Waals surface area contributed by atoms with Crippen LogP contribution >= 0.6 is 0 Å². The molecular weight excluding hydrogens is 245 g/mol. The molecule has 1 fully saturated rings. The normalized spacial score (nSPS) is 24.6. The summed E-state index contributed by atoms with van der Waals surface area (Å²) in [5, 5.41) is 5.06. The summed E-state index contributed by atoms with van der Waals surface area (Å²) >= 11 is 0. The molecule has 0 aromatic heterocycles. The van der Waals surface area contributed by atoms with Gasteiger partial charge in [0, 0.05) is 13.1 Å². The average molecular weight is 266 g/mol. The topological polar surface area (TPSA) is 41.1 Å². The molecule has 1 unspecified atom stereocenters. The van der Waals surface area contributed by atoms with E-state index in [1.807, 2.05) is 13.8 Å². The van der Waals surface area contributed by atoms with E-state index in [1.54, 1.807) is 0 Å². The van der Waals surface area contributed by atoms with Gasteiger partial charge in [-0.15, -0.1) is 0 Å². The van der Waals surface area contributed by atoms with Crippen LogP contribution in [0.1, 0.15) is 33.1 Å². The summed E-state index contributed by atoms with van der Waals surface area (Å²) in [7, 11) is 0. The summed E-state index contributed by atoms with van der Waals surface area (Å²) in [6.45, 7) is 4.32. The number of rotatable bonds is 5. The molecule has 0 spiro atoms. The van der Waals surface area contributed by atoms with E-state index in [1.165, 1.54) is 0 Å². The second kappa shape index (κ2) is 5.91. The average Bonchev–Trinajstić information content (AvgIpc) is 2.73. The molecule has 1 amide bonds. The monoisotopic (exact) mass is 266 g/mol. The van der Waals surface area contributed by atoms with Gasteiger partial charge in [-0.2, -0.15) is 13.2 Å². The van der Waals surface area contributed by atoms with Crippen LogP contribution in [-0.2, 0) is 4.79 Å². The van der Waals surface area contributed by atoms with Crippen molar-refractivity contribution in [1.29, 1.82) is 0 Å². The Hall–Kier alpha value is -0.780. The number of hydrogen-bond donors (Lipinski definition) is 2. The highest BCUT2D eigenvalue weighted by Gasteiger charge is 2.61. The van der Waals surface area contributed by atoms with Gasteiger partial charge in [0.05, 0.1) is 0 Å². The van der Waals surface area contributed by atoms with Crippen molar-refractivity contribution in [1.82, 2.24) is 10.6 Å². The molecule has 0 saturated carbocycles. The second-order valence-electron chi connectivity index (χ2n) is 5.30. The maximum absolute atomic E-state index is 13.0. The van der Waals surface area contributed by atoms with Crippen molar-refractivity contribution in [2.75, 3.05) is 19.6 Å². The van der Waals surface area contributed by atoms with Crippen LogP contribution in [0.2, 0.25) is 0 Å². The highest BCUT2D eigenvalue weighted by atomic mass is 19.4. The quantitative estimate of drug-likeness (QED) is 0.748. The Kier molecular flexibility index (Phi) is 5.01. The zero-order valence-electron chi connectivity index (χ0n) is 10.9. The fourth-order valence-electron chi connectivity index (χ4n) is 2.14. The van der Waals surface area contributed by atoms with Crippen molar-refractivity contribution in [3.05, 3.63) is 0 Å². The van der Waals surface area contributed by atoms with Crippen LogP contribution in [0.5, 0.6) is 0 Å². The number of carbonyl (C=O) groups is 1. The summed E-state index contributed by atoms with van der Waals surface area (Å²) in [5.41, 5.74) is -2.23. The van der Waals surface area contributed by atoms with Crippen LogP contribution in [-0.4, -0.2) is 31.7 Å². The first-order chi connectivity index (χ1) is 8.29. The lowest BCUT2D eigenvalue weighted by molar-refractivity contribution is -0.216. The fraction of sp³-hybridized carbons (Fsp3) is 0.917. The second-order valence-corrected chi connectivity index (χ2v) is 5.30. The molecule has 1 aliphatic rings. The summed E-state index contributed by atoms with van der Waals surface area (Å²) in [6.07, 6.45) is -3.05. The lowest BCUT2D eigenvalue weighted by Crippen LogP contribution is -2.52. The van der Waals surface area contributed by atoms with Crippen LogP contribution in [0, 0.1) is 11.3 Å². The Morgan fingerprint density at radius 1 is 1.44 bits per heavy atom. The molecular formula is C12H21F3N2O. The first kappa shape index (κ1) is 15.3. The molecule has 0 bridgehead atoms. The smallest absolute Gasteiger partial charge is 0.355 e. The van der Waals surface area contributed by atoms with Gasteiger partial charge in [-0.1, -0.05) is 13.8 Å². The predicted molar refractivity (Wildman–Crippen MR) is 63.1 cm³/mol. The lowest BCUT2D eigenvalue weighted by Gasteiger charge is -2.29. The minimum atomic E-state index is -4.49. The van der Waals surface area contributed by atoms with Crippen LogP contribution < -0.4 is 10.6 Å². The number of nitrogens with one attached hydrogen (secondary N) is 2. The van der Waals surface area contributed by atoms with Crippen LogP contribution in [0.15, 0.2) is 0 Å². The van der Waals surface area contributed by atoms with Gasteiger partial charge in [-0.25, -0.2) is 0 Å². The van der Waals surface area contributed by atoms with Crippen molar-refractivity contribution in [2.45, 2.75) is 39.3 Å². The molecule has 3 nitrogen and oxygen atoms in total. The van der Waals surface area contributed by atoms with Gasteiger partial charge in [0.2, 0.25) is 5.91 Å². The highest BCUT2D eigenvalue weighted by molar-refractivity contribution is 5.84. The number of alkyl halides is 3. The first-order valence-corrected chi connectivity index (χ1v) is 6.35. The Morgan fingerprint density at radius 2 is 2.11 bits per heavy atom. The van der Waals surface area contributed by atoms with Crippen molar-refractivity contribution in [3.63, 3.8) is 0 Å². The minimum absolute atomic E-state index is 0.174. The van der Waals surface area contributed by atoms with Crippen molar-refractivity contribution >= 4 is 5.91 Å². The number of hydrogen-bond acceptors (Lipinski definition) is 2. The molecule has 0 radical (unpaired) electrons. The van der Waals surface area contributed by atoms with Gasteiger partial charge in [-0.3, -0.25) is 4.79 Å². The van der Waals surface area contributed by atoms with Gasteiger partial charge in [0.1, 0.15) is 0 Å². The third kappa shape index (κ3) is 3.37. The van der Waals surface area contributed by atoms with E-state index in [-0.39, 0.29) is 19.5 Å². The predicted octanol–water partition coefficient (Wildman–Crippen LogP) is 2.08. The number of amides is 1. The summed E-state index contributed by atoms with van der Waals surface area (Å²) < 4.78 is 39.0. The van der Waals surface area contributed by atoms with E-state index in [2.05, 4.69) is 10.6 Å². The zero-order valence-corrected chi connectivity index (χ0v) is 10.9. The standard InChI is InChI=1S/C12H21F3N2O/c1-9(2)4-3-6-17-10(18)11(12(13,14)15)5-7-16-8-11/h9,16H,3-8H2,1-2H3,(H,17,18). The van der Waals surface area contributed by atoms with E-state index in [9.17, 15) is 18.0 Å². The van der Waals surface area contributed by atoms with E-state index in [4.69, 9.17) is 0 Å². The molecule has 0 aromatic carbocycles. The van der Waals surface area contributed by atoms with Crippen molar-refractivity contribution in [3.8, 4) is 0 Å². The van der Waals surface area contributed by atoms with E-state index >= 15 is 0 Å². The third-order valence-corrected chi connectivity index (χ3v) is 3.38. The number of halogens is 3. The molecule has 0 aromatic rings. The molecule has 106 valence electrons. The Bertz CT molecular complexity index is 284. The van der Waals surface area contributed by atoms with E-state index < -0.39 is 17.5 Å². The molecule has 0 aliphatic carbocycles. The van der Waals surface area contributed by atoms with Gasteiger partial charge in [0.15, 0.2) is 5.41 Å². The van der Waals surface area contributed by atoms with Gasteiger partial charge in [-0.05, 0) is 31.7 Å².